The van der Waals surface area contributed by atoms with Crippen LogP contribution in [0, 0.1) is 4.77 Å². The SMILES string of the molecule is CCCc1nc2c([nH]1)c(=O)n(CC)c(=S)n2CC. The molecule has 0 radical (unpaired) electrons. The smallest absolute Gasteiger partial charge is 0.280 e. The Kier molecular flexibility index (Phi) is 3.65. The second-order valence-corrected chi connectivity index (χ2v) is 4.57. The molecule has 98 valence electrons. The molecule has 0 unspecified atom stereocenters. The third-order valence-electron chi connectivity index (χ3n) is 3.03. The van der Waals surface area contributed by atoms with Gasteiger partial charge in [0.1, 0.15) is 11.3 Å². The molecule has 0 aliphatic rings. The van der Waals surface area contributed by atoms with Crippen molar-refractivity contribution in [2.24, 2.45) is 0 Å². The Morgan fingerprint density at radius 2 is 1.89 bits per heavy atom. The van der Waals surface area contributed by atoms with E-state index in [0.717, 1.165) is 18.7 Å². The largest absolute Gasteiger partial charge is 0.336 e. The maximum absolute atomic E-state index is 12.3. The Balaban J connectivity index is 2.86. The van der Waals surface area contributed by atoms with Crippen LogP contribution in [0.5, 0.6) is 0 Å². The third-order valence-corrected chi connectivity index (χ3v) is 3.47. The zero-order valence-electron chi connectivity index (χ0n) is 11.0. The van der Waals surface area contributed by atoms with Crippen LogP contribution < -0.4 is 5.56 Å². The van der Waals surface area contributed by atoms with Crippen LogP contribution >= 0.6 is 12.2 Å². The molecule has 2 aromatic rings. The fourth-order valence-corrected chi connectivity index (χ4v) is 2.56. The number of nitrogens with one attached hydrogen (secondary N) is 1. The standard InChI is InChI=1S/C12H18N4OS/c1-4-7-8-13-9-10(14-8)15(5-2)12(18)16(6-3)11(9)17/h4-7H2,1-3H3,(H,13,14). The van der Waals surface area contributed by atoms with Gasteiger partial charge >= 0.3 is 0 Å². The van der Waals surface area contributed by atoms with Crippen LogP contribution in [0.1, 0.15) is 33.0 Å². The van der Waals surface area contributed by atoms with Crippen LogP contribution in [0.15, 0.2) is 4.79 Å². The Morgan fingerprint density at radius 3 is 2.44 bits per heavy atom. The lowest BCUT2D eigenvalue weighted by molar-refractivity contribution is 0.630. The van der Waals surface area contributed by atoms with Crippen LogP contribution in [-0.2, 0) is 19.5 Å². The molecule has 0 atom stereocenters. The topological polar surface area (TPSA) is 55.6 Å². The molecule has 6 heteroatoms. The quantitative estimate of drug-likeness (QED) is 0.864. The number of nitrogens with zero attached hydrogens (tertiary/aromatic N) is 3. The molecule has 1 N–H and O–H groups in total. The van der Waals surface area contributed by atoms with Crippen LogP contribution in [0.2, 0.25) is 0 Å². The number of imidazole rings is 1. The fraction of sp³-hybridized carbons (Fsp3) is 0.583. The van der Waals surface area contributed by atoms with Crippen molar-refractivity contribution in [3.05, 3.63) is 20.9 Å². The fourth-order valence-electron chi connectivity index (χ4n) is 2.13. The molecule has 18 heavy (non-hydrogen) atoms. The van der Waals surface area contributed by atoms with Gasteiger partial charge in [-0.3, -0.25) is 9.36 Å². The highest BCUT2D eigenvalue weighted by atomic mass is 32.1. The molecule has 0 aliphatic heterocycles. The Hall–Kier alpha value is -1.43. The predicted molar refractivity (Wildman–Crippen MR) is 74.5 cm³/mol. The first-order valence-electron chi connectivity index (χ1n) is 6.36. The minimum Gasteiger partial charge on any atom is -0.336 e. The molecule has 0 aliphatic carbocycles. The summed E-state index contributed by atoms with van der Waals surface area (Å²) in [7, 11) is 0. The molecule has 2 rings (SSSR count). The lowest BCUT2D eigenvalue weighted by Gasteiger charge is -2.09. The molecule has 2 heterocycles. The van der Waals surface area contributed by atoms with Gasteiger partial charge in [0, 0.05) is 19.5 Å². The summed E-state index contributed by atoms with van der Waals surface area (Å²) in [5.41, 5.74) is 1.17. The number of hydrogen-bond donors (Lipinski definition) is 1. The molecule has 0 fully saturated rings. The van der Waals surface area contributed by atoms with Crippen molar-refractivity contribution >= 4 is 23.4 Å². The molecule has 0 bridgehead atoms. The summed E-state index contributed by atoms with van der Waals surface area (Å²) in [4.78, 5) is 19.9. The molecular weight excluding hydrogens is 248 g/mol. The van der Waals surface area contributed by atoms with E-state index in [-0.39, 0.29) is 5.56 Å². The average Bonchev–Trinajstić information content (AvgIpc) is 2.75. The van der Waals surface area contributed by atoms with Gasteiger partial charge < -0.3 is 9.55 Å². The summed E-state index contributed by atoms with van der Waals surface area (Å²) in [6, 6.07) is 0. The normalized spacial score (nSPS) is 11.3. The number of aryl methyl sites for hydroxylation is 2. The van der Waals surface area contributed by atoms with E-state index in [0.29, 0.717) is 29.0 Å². The van der Waals surface area contributed by atoms with Crippen molar-refractivity contribution in [2.45, 2.75) is 46.7 Å². The van der Waals surface area contributed by atoms with Crippen molar-refractivity contribution < 1.29 is 0 Å². The van der Waals surface area contributed by atoms with Crippen molar-refractivity contribution in [3.8, 4) is 0 Å². The van der Waals surface area contributed by atoms with Crippen molar-refractivity contribution in [1.29, 1.82) is 0 Å². The van der Waals surface area contributed by atoms with E-state index >= 15 is 0 Å². The Bertz CT molecular complexity index is 680. The second kappa shape index (κ2) is 5.06. The third kappa shape index (κ3) is 1.90. The van der Waals surface area contributed by atoms with E-state index in [4.69, 9.17) is 12.2 Å². The molecule has 5 nitrogen and oxygen atoms in total. The number of fused-ring (bicyclic) bond motifs is 1. The Labute approximate surface area is 110 Å². The summed E-state index contributed by atoms with van der Waals surface area (Å²) < 4.78 is 4.06. The van der Waals surface area contributed by atoms with E-state index in [1.54, 1.807) is 4.57 Å². The predicted octanol–water partition coefficient (Wildman–Crippen LogP) is 2.25. The van der Waals surface area contributed by atoms with Gasteiger partial charge in [0.15, 0.2) is 10.4 Å². The van der Waals surface area contributed by atoms with E-state index in [1.165, 1.54) is 0 Å². The maximum Gasteiger partial charge on any atom is 0.280 e. The number of aromatic amines is 1. The highest BCUT2D eigenvalue weighted by Gasteiger charge is 2.13. The Morgan fingerprint density at radius 1 is 1.22 bits per heavy atom. The zero-order chi connectivity index (χ0) is 13.3. The molecule has 0 aromatic carbocycles. The van der Waals surface area contributed by atoms with Gasteiger partial charge in [-0.25, -0.2) is 4.98 Å². The molecule has 0 saturated heterocycles. The van der Waals surface area contributed by atoms with Gasteiger partial charge in [0.05, 0.1) is 0 Å². The molecule has 0 amide bonds. The summed E-state index contributed by atoms with van der Waals surface area (Å²) in [5.74, 6) is 0.857. The van der Waals surface area contributed by atoms with Crippen LogP contribution in [0.4, 0.5) is 0 Å². The molecule has 0 spiro atoms. The van der Waals surface area contributed by atoms with Gasteiger partial charge in [-0.15, -0.1) is 0 Å². The number of aromatic nitrogens is 4. The average molecular weight is 266 g/mol. The van der Waals surface area contributed by atoms with E-state index in [2.05, 4.69) is 16.9 Å². The molecule has 2 aromatic heterocycles. The number of hydrogen-bond acceptors (Lipinski definition) is 3. The maximum atomic E-state index is 12.3. The van der Waals surface area contributed by atoms with Gasteiger partial charge in [-0.2, -0.15) is 0 Å². The minimum atomic E-state index is -0.0722. The minimum absolute atomic E-state index is 0.0722. The van der Waals surface area contributed by atoms with E-state index < -0.39 is 0 Å². The molecule has 0 saturated carbocycles. The molecular formula is C12H18N4OS. The summed E-state index contributed by atoms with van der Waals surface area (Å²) >= 11 is 5.35. The lowest BCUT2D eigenvalue weighted by atomic mass is 10.3. The summed E-state index contributed by atoms with van der Waals surface area (Å²) in [5, 5.41) is 0. The monoisotopic (exact) mass is 266 g/mol. The number of rotatable bonds is 4. The van der Waals surface area contributed by atoms with Crippen molar-refractivity contribution in [2.75, 3.05) is 0 Å². The summed E-state index contributed by atoms with van der Waals surface area (Å²) in [6.07, 6.45) is 1.84. The lowest BCUT2D eigenvalue weighted by Crippen LogP contribution is -2.24. The highest BCUT2D eigenvalue weighted by molar-refractivity contribution is 7.71. The zero-order valence-corrected chi connectivity index (χ0v) is 11.8. The first-order valence-corrected chi connectivity index (χ1v) is 6.77. The van der Waals surface area contributed by atoms with Crippen LogP contribution in [0.3, 0.4) is 0 Å². The van der Waals surface area contributed by atoms with Gasteiger partial charge in [-0.05, 0) is 32.5 Å². The van der Waals surface area contributed by atoms with Crippen LogP contribution in [-0.4, -0.2) is 19.1 Å². The van der Waals surface area contributed by atoms with Crippen LogP contribution in [0.25, 0.3) is 11.2 Å². The first kappa shape index (κ1) is 13.0. The van der Waals surface area contributed by atoms with E-state index in [1.807, 2.05) is 18.4 Å². The second-order valence-electron chi connectivity index (χ2n) is 4.21. The van der Waals surface area contributed by atoms with Gasteiger partial charge in [-0.1, -0.05) is 6.92 Å². The van der Waals surface area contributed by atoms with Crippen molar-refractivity contribution in [1.82, 2.24) is 19.1 Å². The number of H-pyrrole nitrogens is 1. The summed E-state index contributed by atoms with van der Waals surface area (Å²) in [6.45, 7) is 7.31. The van der Waals surface area contributed by atoms with Gasteiger partial charge in [0.2, 0.25) is 0 Å². The van der Waals surface area contributed by atoms with Crippen molar-refractivity contribution in [3.63, 3.8) is 0 Å². The highest BCUT2D eigenvalue weighted by Crippen LogP contribution is 2.10. The van der Waals surface area contributed by atoms with E-state index in [9.17, 15) is 4.79 Å². The van der Waals surface area contributed by atoms with Gasteiger partial charge in [0.25, 0.3) is 5.56 Å². The first-order chi connectivity index (χ1) is 8.63.